The monoisotopic (exact) mass is 346 g/mol. The molecule has 6 nitrogen and oxygen atoms in total. The molecule has 0 saturated carbocycles. The van der Waals surface area contributed by atoms with E-state index in [0.717, 1.165) is 35.0 Å². The van der Waals surface area contributed by atoms with Gasteiger partial charge in [-0.15, -0.1) is 0 Å². The predicted octanol–water partition coefficient (Wildman–Crippen LogP) is 3.17. The van der Waals surface area contributed by atoms with Crippen LogP contribution in [0.5, 0.6) is 0 Å². The van der Waals surface area contributed by atoms with Gasteiger partial charge in [-0.1, -0.05) is 13.8 Å². The number of ether oxygens (including phenoxy) is 1. The van der Waals surface area contributed by atoms with Gasteiger partial charge in [0, 0.05) is 20.3 Å². The maximum absolute atomic E-state index is 12.2. The molecule has 0 fully saturated rings. The highest BCUT2D eigenvalue weighted by molar-refractivity contribution is 7.71. The summed E-state index contributed by atoms with van der Waals surface area (Å²) < 4.78 is 7.84. The molecule has 0 unspecified atom stereocenters. The molecule has 2 heterocycles. The Balaban J connectivity index is 2.13. The molecule has 0 bridgehead atoms. The second-order valence-corrected chi connectivity index (χ2v) is 6.81. The van der Waals surface area contributed by atoms with E-state index in [4.69, 9.17) is 17.0 Å². The Morgan fingerprint density at radius 1 is 1.29 bits per heavy atom. The summed E-state index contributed by atoms with van der Waals surface area (Å²) in [7, 11) is 1.69. The molecule has 2 aromatic heterocycles. The smallest absolute Gasteiger partial charge is 0.270 e. The number of H-pyrrole nitrogens is 2. The highest BCUT2D eigenvalue weighted by Gasteiger charge is 2.11. The van der Waals surface area contributed by atoms with Crippen LogP contribution in [0.3, 0.4) is 0 Å². The van der Waals surface area contributed by atoms with E-state index in [9.17, 15) is 4.79 Å². The van der Waals surface area contributed by atoms with Crippen molar-refractivity contribution in [2.24, 2.45) is 5.92 Å². The Hall–Kier alpha value is -1.99. The second kappa shape index (κ2) is 6.86. The van der Waals surface area contributed by atoms with Gasteiger partial charge in [0.2, 0.25) is 0 Å². The van der Waals surface area contributed by atoms with Gasteiger partial charge >= 0.3 is 0 Å². The summed E-state index contributed by atoms with van der Waals surface area (Å²) in [5, 5.41) is 0. The quantitative estimate of drug-likeness (QED) is 0.531. The number of rotatable bonds is 6. The van der Waals surface area contributed by atoms with Gasteiger partial charge in [0.25, 0.3) is 5.56 Å². The molecule has 0 amide bonds. The summed E-state index contributed by atoms with van der Waals surface area (Å²) in [6, 6.07) is 3.89. The van der Waals surface area contributed by atoms with Crippen LogP contribution in [0.1, 0.15) is 26.0 Å². The maximum Gasteiger partial charge on any atom is 0.270 e. The van der Waals surface area contributed by atoms with Gasteiger partial charge < -0.3 is 19.3 Å². The van der Waals surface area contributed by atoms with Gasteiger partial charge in [0.05, 0.1) is 22.1 Å². The number of aromatic nitrogens is 4. The van der Waals surface area contributed by atoms with E-state index in [-0.39, 0.29) is 5.56 Å². The number of aromatic amines is 2. The second-order valence-electron chi connectivity index (χ2n) is 6.43. The highest BCUT2D eigenvalue weighted by atomic mass is 32.1. The fourth-order valence-corrected chi connectivity index (χ4v) is 3.19. The van der Waals surface area contributed by atoms with Gasteiger partial charge in [0.1, 0.15) is 5.69 Å². The third-order valence-corrected chi connectivity index (χ3v) is 4.31. The average molecular weight is 346 g/mol. The van der Waals surface area contributed by atoms with Crippen LogP contribution in [-0.2, 0) is 17.7 Å². The Morgan fingerprint density at radius 3 is 2.79 bits per heavy atom. The van der Waals surface area contributed by atoms with Crippen LogP contribution in [0.2, 0.25) is 0 Å². The van der Waals surface area contributed by atoms with Crippen LogP contribution in [0.4, 0.5) is 0 Å². The Labute approximate surface area is 144 Å². The molecule has 0 aliphatic heterocycles. The van der Waals surface area contributed by atoms with E-state index in [2.05, 4.69) is 33.4 Å². The van der Waals surface area contributed by atoms with Gasteiger partial charge in [-0.2, -0.15) is 0 Å². The fourth-order valence-electron chi connectivity index (χ4n) is 2.89. The molecule has 0 aliphatic carbocycles. The molecule has 0 radical (unpaired) electrons. The summed E-state index contributed by atoms with van der Waals surface area (Å²) in [5.74, 6) is 0.380. The summed E-state index contributed by atoms with van der Waals surface area (Å²) in [4.78, 5) is 22.9. The lowest BCUT2D eigenvalue weighted by Gasteiger charge is -2.07. The van der Waals surface area contributed by atoms with E-state index in [0.29, 0.717) is 29.4 Å². The van der Waals surface area contributed by atoms with Crippen LogP contribution < -0.4 is 5.56 Å². The first kappa shape index (κ1) is 16.9. The van der Waals surface area contributed by atoms with Gasteiger partial charge in [-0.3, -0.25) is 4.79 Å². The Morgan fingerprint density at radius 2 is 2.08 bits per heavy atom. The van der Waals surface area contributed by atoms with Crippen LogP contribution in [-0.4, -0.2) is 33.2 Å². The maximum atomic E-state index is 12.2. The minimum atomic E-state index is -0.117. The molecule has 3 rings (SSSR count). The largest absolute Gasteiger partial charge is 0.385 e. The van der Waals surface area contributed by atoms with E-state index in [1.54, 1.807) is 7.11 Å². The lowest BCUT2D eigenvalue weighted by atomic mass is 10.1. The number of imidazole rings is 1. The topological polar surface area (TPSA) is 75.7 Å². The molecule has 0 aliphatic rings. The van der Waals surface area contributed by atoms with Crippen molar-refractivity contribution in [1.82, 2.24) is 19.5 Å². The Bertz CT molecular complexity index is 984. The fraction of sp³-hybridized carbons (Fsp3) is 0.471. The first-order valence-corrected chi connectivity index (χ1v) is 8.55. The molecule has 0 saturated heterocycles. The summed E-state index contributed by atoms with van der Waals surface area (Å²) in [6.45, 7) is 5.62. The van der Waals surface area contributed by atoms with Crippen LogP contribution in [0.15, 0.2) is 16.9 Å². The molecule has 1 aromatic carbocycles. The SMILES string of the molecule is COCCCn1c(=S)[nH]c2cc3[nH]c(=O)c(CC(C)C)nc3cc21. The van der Waals surface area contributed by atoms with Gasteiger partial charge in [0.15, 0.2) is 4.77 Å². The third-order valence-electron chi connectivity index (χ3n) is 3.99. The summed E-state index contributed by atoms with van der Waals surface area (Å²) in [5.41, 5.74) is 3.87. The number of nitrogens with one attached hydrogen (secondary N) is 2. The van der Waals surface area contributed by atoms with E-state index in [1.165, 1.54) is 0 Å². The lowest BCUT2D eigenvalue weighted by Crippen LogP contribution is -2.17. The standard InChI is InChI=1S/C17H22N4O2S/c1-10(2)7-14-16(22)19-11-8-13-15(9-12(11)18-14)21(17(24)20-13)5-4-6-23-3/h8-10H,4-7H2,1-3H3,(H,19,22)(H,20,24). The van der Waals surface area contributed by atoms with Crippen molar-refractivity contribution in [1.29, 1.82) is 0 Å². The van der Waals surface area contributed by atoms with E-state index >= 15 is 0 Å². The molecule has 0 spiro atoms. The van der Waals surface area contributed by atoms with Crippen molar-refractivity contribution in [3.63, 3.8) is 0 Å². The molecule has 2 N–H and O–H groups in total. The van der Waals surface area contributed by atoms with Gasteiger partial charge in [-0.25, -0.2) is 4.98 Å². The number of hydrogen-bond acceptors (Lipinski definition) is 4. The number of hydrogen-bond donors (Lipinski definition) is 2. The summed E-state index contributed by atoms with van der Waals surface area (Å²) >= 11 is 5.42. The van der Waals surface area contributed by atoms with Crippen LogP contribution in [0.25, 0.3) is 22.1 Å². The first-order chi connectivity index (χ1) is 11.5. The summed E-state index contributed by atoms with van der Waals surface area (Å²) in [6.07, 6.45) is 1.55. The number of benzene rings is 1. The minimum Gasteiger partial charge on any atom is -0.385 e. The van der Waals surface area contributed by atoms with Crippen molar-refractivity contribution in [3.05, 3.63) is 33.0 Å². The third kappa shape index (κ3) is 3.27. The van der Waals surface area contributed by atoms with Crippen LogP contribution >= 0.6 is 12.2 Å². The van der Waals surface area contributed by atoms with E-state index in [1.807, 2.05) is 12.1 Å². The number of nitrogens with zero attached hydrogens (tertiary/aromatic N) is 2. The minimum absolute atomic E-state index is 0.117. The highest BCUT2D eigenvalue weighted by Crippen LogP contribution is 2.20. The molecular formula is C17H22N4O2S. The normalized spacial score (nSPS) is 11.8. The number of aryl methyl sites for hydroxylation is 1. The lowest BCUT2D eigenvalue weighted by molar-refractivity contribution is 0.190. The Kier molecular flexibility index (Phi) is 4.82. The zero-order valence-electron chi connectivity index (χ0n) is 14.2. The zero-order chi connectivity index (χ0) is 17.3. The number of fused-ring (bicyclic) bond motifs is 2. The van der Waals surface area contributed by atoms with Crippen molar-refractivity contribution in [2.45, 2.75) is 33.2 Å². The molecule has 24 heavy (non-hydrogen) atoms. The van der Waals surface area contributed by atoms with Gasteiger partial charge in [-0.05, 0) is 43.1 Å². The molecule has 128 valence electrons. The molecule has 7 heteroatoms. The van der Waals surface area contributed by atoms with Crippen molar-refractivity contribution in [2.75, 3.05) is 13.7 Å². The van der Waals surface area contributed by atoms with Crippen molar-refractivity contribution < 1.29 is 4.74 Å². The van der Waals surface area contributed by atoms with Crippen molar-refractivity contribution in [3.8, 4) is 0 Å². The zero-order valence-corrected chi connectivity index (χ0v) is 15.0. The molecule has 0 atom stereocenters. The first-order valence-electron chi connectivity index (χ1n) is 8.14. The predicted molar refractivity (Wildman–Crippen MR) is 98.1 cm³/mol. The number of methoxy groups -OCH3 is 1. The molecule has 3 aromatic rings. The van der Waals surface area contributed by atoms with Crippen molar-refractivity contribution >= 4 is 34.3 Å². The molecular weight excluding hydrogens is 324 g/mol. The average Bonchev–Trinajstić information content (AvgIpc) is 2.81. The van der Waals surface area contributed by atoms with Crippen LogP contribution in [0, 0.1) is 10.7 Å². The van der Waals surface area contributed by atoms with E-state index < -0.39 is 0 Å².